The second kappa shape index (κ2) is 8.20. The van der Waals surface area contributed by atoms with Crippen molar-refractivity contribution in [2.75, 3.05) is 0 Å². The normalized spacial score (nSPS) is 13.2. The number of benzene rings is 2. The van der Waals surface area contributed by atoms with Crippen LogP contribution in [-0.2, 0) is 21.2 Å². The van der Waals surface area contributed by atoms with Crippen LogP contribution in [0, 0.1) is 0 Å². The fourth-order valence-electron chi connectivity index (χ4n) is 2.36. The molecule has 0 aliphatic heterocycles. The molecule has 2 aromatic carbocycles. The van der Waals surface area contributed by atoms with Crippen molar-refractivity contribution in [1.29, 1.82) is 0 Å². The van der Waals surface area contributed by atoms with Crippen LogP contribution in [0.25, 0.3) is 0 Å². The molecule has 26 heavy (non-hydrogen) atoms. The molecule has 5 nitrogen and oxygen atoms in total. The van der Waals surface area contributed by atoms with Crippen LogP contribution in [0.15, 0.2) is 59.5 Å². The topological polar surface area (TPSA) is 75.3 Å². The summed E-state index contributed by atoms with van der Waals surface area (Å²) in [4.78, 5) is 12.7. The van der Waals surface area contributed by atoms with Gasteiger partial charge >= 0.3 is 0 Å². The molecule has 7 heteroatoms. The number of halogens is 1. The minimum absolute atomic E-state index is 0.0588. The molecule has 0 fully saturated rings. The Morgan fingerprint density at radius 1 is 1.04 bits per heavy atom. The molecule has 0 saturated carbocycles. The van der Waals surface area contributed by atoms with Crippen LogP contribution in [0.5, 0.6) is 0 Å². The average molecular weight is 395 g/mol. The smallest absolute Gasteiger partial charge is 0.241 e. The number of rotatable bonds is 6. The zero-order chi connectivity index (χ0) is 19.4. The molecule has 2 rings (SSSR count). The molecule has 0 aliphatic rings. The minimum Gasteiger partial charge on any atom is -0.350 e. The summed E-state index contributed by atoms with van der Waals surface area (Å²) >= 11 is 5.82. The molecule has 0 heterocycles. The van der Waals surface area contributed by atoms with Crippen molar-refractivity contribution in [2.24, 2.45) is 0 Å². The van der Waals surface area contributed by atoms with Gasteiger partial charge in [-0.15, -0.1) is 0 Å². The van der Waals surface area contributed by atoms with E-state index in [4.69, 9.17) is 11.6 Å². The largest absolute Gasteiger partial charge is 0.350 e. The van der Waals surface area contributed by atoms with E-state index in [1.165, 1.54) is 24.3 Å². The first-order valence-corrected chi connectivity index (χ1v) is 10.1. The second-order valence-corrected chi connectivity index (χ2v) is 9.21. The molecule has 0 radical (unpaired) electrons. The molecule has 2 N–H and O–H groups in total. The number of amides is 1. The molecule has 0 bridgehead atoms. The lowest BCUT2D eigenvalue weighted by atomic mass is 10.0. The Balaban J connectivity index is 2.27. The predicted molar refractivity (Wildman–Crippen MR) is 104 cm³/mol. The average Bonchev–Trinajstić information content (AvgIpc) is 2.54. The van der Waals surface area contributed by atoms with E-state index in [2.05, 4.69) is 10.0 Å². The Bertz CT molecular complexity index is 845. The summed E-state index contributed by atoms with van der Waals surface area (Å²) in [7, 11) is -3.87. The van der Waals surface area contributed by atoms with E-state index in [9.17, 15) is 13.2 Å². The number of carbonyl (C=O) groups is 1. The highest BCUT2D eigenvalue weighted by molar-refractivity contribution is 7.89. The van der Waals surface area contributed by atoms with Crippen molar-refractivity contribution in [2.45, 2.75) is 43.7 Å². The molecule has 140 valence electrons. The van der Waals surface area contributed by atoms with Crippen LogP contribution in [0.4, 0.5) is 0 Å². The second-order valence-electron chi connectivity index (χ2n) is 7.06. The van der Waals surface area contributed by atoms with E-state index in [0.29, 0.717) is 5.02 Å². The summed E-state index contributed by atoms with van der Waals surface area (Å²) in [5, 5.41) is 3.28. The fourth-order valence-corrected chi connectivity index (χ4v) is 3.68. The quantitative estimate of drug-likeness (QED) is 0.790. The molecule has 2 aromatic rings. The van der Waals surface area contributed by atoms with Crippen LogP contribution in [-0.4, -0.2) is 25.9 Å². The first-order chi connectivity index (χ1) is 12.1. The molecule has 0 aliphatic carbocycles. The highest BCUT2D eigenvalue weighted by atomic mass is 35.5. The Labute approximate surface area is 159 Å². The fraction of sp³-hybridized carbons (Fsp3) is 0.316. The third kappa shape index (κ3) is 6.12. The molecule has 1 amide bonds. The zero-order valence-corrected chi connectivity index (χ0v) is 16.6. The van der Waals surface area contributed by atoms with Gasteiger partial charge in [-0.25, -0.2) is 8.42 Å². The number of nitrogens with one attached hydrogen (secondary N) is 2. The zero-order valence-electron chi connectivity index (χ0n) is 15.0. The van der Waals surface area contributed by atoms with Gasteiger partial charge in [0.1, 0.15) is 6.04 Å². The maximum absolute atomic E-state index is 12.7. The summed E-state index contributed by atoms with van der Waals surface area (Å²) in [5.74, 6) is -0.376. The van der Waals surface area contributed by atoms with E-state index in [1.807, 2.05) is 51.1 Å². The van der Waals surface area contributed by atoms with E-state index >= 15 is 0 Å². The van der Waals surface area contributed by atoms with E-state index in [0.717, 1.165) is 5.56 Å². The van der Waals surface area contributed by atoms with E-state index in [-0.39, 0.29) is 17.2 Å². The van der Waals surface area contributed by atoms with Crippen molar-refractivity contribution >= 4 is 27.5 Å². The molecule has 0 saturated heterocycles. The molecular weight excluding hydrogens is 372 g/mol. The predicted octanol–water partition coefficient (Wildman–Crippen LogP) is 3.14. The molecule has 1 atom stereocenters. The first kappa shape index (κ1) is 20.4. The molecule has 0 spiro atoms. The van der Waals surface area contributed by atoms with Crippen molar-refractivity contribution in [3.05, 3.63) is 65.2 Å². The monoisotopic (exact) mass is 394 g/mol. The summed E-state index contributed by atoms with van der Waals surface area (Å²) in [6, 6.07) is 14.2. The van der Waals surface area contributed by atoms with Crippen LogP contribution in [0.3, 0.4) is 0 Å². The third-order valence-corrected chi connectivity index (χ3v) is 5.26. The summed E-state index contributed by atoms with van der Waals surface area (Å²) in [6.45, 7) is 5.54. The van der Waals surface area contributed by atoms with Gasteiger partial charge < -0.3 is 5.32 Å². The molecule has 0 aromatic heterocycles. The highest BCUT2D eigenvalue weighted by Crippen LogP contribution is 2.15. The Hall–Kier alpha value is -1.89. The van der Waals surface area contributed by atoms with Crippen LogP contribution in [0.2, 0.25) is 5.02 Å². The lowest BCUT2D eigenvalue weighted by Gasteiger charge is -2.25. The van der Waals surface area contributed by atoms with Gasteiger partial charge in [-0.1, -0.05) is 41.9 Å². The molecular formula is C19H23ClN2O3S. The summed E-state index contributed by atoms with van der Waals surface area (Å²) < 4.78 is 27.9. The van der Waals surface area contributed by atoms with Crippen LogP contribution in [0.1, 0.15) is 26.3 Å². The van der Waals surface area contributed by atoms with Crippen LogP contribution >= 0.6 is 11.6 Å². The van der Waals surface area contributed by atoms with Crippen LogP contribution < -0.4 is 10.0 Å². The van der Waals surface area contributed by atoms with E-state index in [1.54, 1.807) is 0 Å². The lowest BCUT2D eigenvalue weighted by molar-refractivity contribution is -0.124. The van der Waals surface area contributed by atoms with Gasteiger partial charge in [-0.3, -0.25) is 4.79 Å². The van der Waals surface area contributed by atoms with Crippen molar-refractivity contribution in [3.63, 3.8) is 0 Å². The van der Waals surface area contributed by atoms with Crippen molar-refractivity contribution in [1.82, 2.24) is 10.0 Å². The third-order valence-electron chi connectivity index (χ3n) is 3.52. The maximum Gasteiger partial charge on any atom is 0.241 e. The lowest BCUT2D eigenvalue weighted by Crippen LogP contribution is -2.52. The Kier molecular flexibility index (Phi) is 6.44. The van der Waals surface area contributed by atoms with Gasteiger partial charge in [0, 0.05) is 10.6 Å². The van der Waals surface area contributed by atoms with Crippen molar-refractivity contribution in [3.8, 4) is 0 Å². The van der Waals surface area contributed by atoms with Crippen molar-refractivity contribution < 1.29 is 13.2 Å². The molecule has 1 unspecified atom stereocenters. The highest BCUT2D eigenvalue weighted by Gasteiger charge is 2.28. The number of sulfonamides is 1. The van der Waals surface area contributed by atoms with Gasteiger partial charge in [-0.05, 0) is 57.0 Å². The van der Waals surface area contributed by atoms with Gasteiger partial charge in [0.15, 0.2) is 0 Å². The number of hydrogen-bond donors (Lipinski definition) is 2. The van der Waals surface area contributed by atoms with Gasteiger partial charge in [0.25, 0.3) is 0 Å². The van der Waals surface area contributed by atoms with Gasteiger partial charge in [0.05, 0.1) is 4.90 Å². The van der Waals surface area contributed by atoms with Gasteiger partial charge in [-0.2, -0.15) is 4.72 Å². The first-order valence-electron chi connectivity index (χ1n) is 8.21. The summed E-state index contributed by atoms with van der Waals surface area (Å²) in [5.41, 5.74) is 0.387. The SMILES string of the molecule is CC(C)(C)NC(=O)C(Cc1ccccc1)NS(=O)(=O)c1ccc(Cl)cc1. The standard InChI is InChI=1S/C19H23ClN2O3S/c1-19(2,3)21-18(23)17(13-14-7-5-4-6-8-14)22-26(24,25)16-11-9-15(20)10-12-16/h4-12,17,22H,13H2,1-3H3,(H,21,23). The Morgan fingerprint density at radius 3 is 2.15 bits per heavy atom. The van der Waals surface area contributed by atoms with E-state index < -0.39 is 21.6 Å². The Morgan fingerprint density at radius 2 is 1.62 bits per heavy atom. The maximum atomic E-state index is 12.7. The number of carbonyl (C=O) groups excluding carboxylic acids is 1. The summed E-state index contributed by atoms with van der Waals surface area (Å²) in [6.07, 6.45) is 0.246. The minimum atomic E-state index is -3.87. The number of hydrogen-bond acceptors (Lipinski definition) is 3. The van der Waals surface area contributed by atoms with Gasteiger partial charge in [0.2, 0.25) is 15.9 Å².